The topological polar surface area (TPSA) is 55.3 Å². The molecule has 1 aromatic heterocycles. The Labute approximate surface area is 119 Å². The Morgan fingerprint density at radius 2 is 2.35 bits per heavy atom. The Balaban J connectivity index is 1.85. The molecule has 3 rings (SSSR count). The maximum Gasteiger partial charge on any atom is 0.273 e. The van der Waals surface area contributed by atoms with Crippen molar-refractivity contribution in [1.29, 1.82) is 0 Å². The van der Waals surface area contributed by atoms with E-state index >= 15 is 0 Å². The van der Waals surface area contributed by atoms with Gasteiger partial charge in [-0.2, -0.15) is 0 Å². The van der Waals surface area contributed by atoms with Gasteiger partial charge in [-0.15, -0.1) is 0 Å². The van der Waals surface area contributed by atoms with Gasteiger partial charge in [-0.1, -0.05) is 6.92 Å². The second kappa shape index (κ2) is 5.13. The lowest BCUT2D eigenvalue weighted by Crippen LogP contribution is -2.57. The Morgan fingerprint density at radius 3 is 3.05 bits per heavy atom. The summed E-state index contributed by atoms with van der Waals surface area (Å²) in [6.45, 7) is 5.99. The van der Waals surface area contributed by atoms with Gasteiger partial charge in [0.15, 0.2) is 0 Å². The average Bonchev–Trinajstić information content (AvgIpc) is 3.32. The molecule has 1 aromatic rings. The highest BCUT2D eigenvalue weighted by Gasteiger charge is 2.38. The molecule has 20 heavy (non-hydrogen) atoms. The number of carbonyl (C=O) groups is 1. The monoisotopic (exact) mass is 275 g/mol. The molecule has 2 heterocycles. The Kier molecular flexibility index (Phi) is 3.46. The Hall–Kier alpha value is -1.49. The smallest absolute Gasteiger partial charge is 0.273 e. The van der Waals surface area contributed by atoms with E-state index in [1.165, 1.54) is 0 Å². The number of ether oxygens (including phenoxy) is 1. The quantitative estimate of drug-likeness (QED) is 0.846. The molecule has 1 amide bonds. The van der Waals surface area contributed by atoms with Crippen LogP contribution in [0.1, 0.15) is 55.3 Å². The van der Waals surface area contributed by atoms with Gasteiger partial charge in [-0.25, -0.2) is 9.97 Å². The molecule has 1 saturated carbocycles. The summed E-state index contributed by atoms with van der Waals surface area (Å²) in [5.74, 6) is 1.29. The molecule has 0 bridgehead atoms. The first kappa shape index (κ1) is 13.5. The van der Waals surface area contributed by atoms with Gasteiger partial charge >= 0.3 is 0 Å². The largest absolute Gasteiger partial charge is 0.377 e. The minimum Gasteiger partial charge on any atom is -0.377 e. The van der Waals surface area contributed by atoms with Crippen LogP contribution in [0.15, 0.2) is 12.3 Å². The Morgan fingerprint density at radius 1 is 1.55 bits per heavy atom. The van der Waals surface area contributed by atoms with Crippen LogP contribution in [0.3, 0.4) is 0 Å². The SMILES string of the molecule is CCC1(C)COCCN1C(=O)c1ccnc(C2CC2)n1. The van der Waals surface area contributed by atoms with Crippen LogP contribution in [-0.2, 0) is 4.74 Å². The number of hydrogen-bond acceptors (Lipinski definition) is 4. The molecule has 0 radical (unpaired) electrons. The standard InChI is InChI=1S/C15H21N3O2/c1-3-15(2)10-20-9-8-18(15)14(19)12-6-7-16-13(17-12)11-4-5-11/h6-7,11H,3-5,8-10H2,1-2H3. The summed E-state index contributed by atoms with van der Waals surface area (Å²) in [5.41, 5.74) is 0.281. The number of hydrogen-bond donors (Lipinski definition) is 0. The predicted molar refractivity (Wildman–Crippen MR) is 74.6 cm³/mol. The lowest BCUT2D eigenvalue weighted by atomic mass is 9.95. The first-order valence-electron chi connectivity index (χ1n) is 7.37. The molecule has 1 aliphatic heterocycles. The van der Waals surface area contributed by atoms with Crippen LogP contribution < -0.4 is 0 Å². The van der Waals surface area contributed by atoms with E-state index in [2.05, 4.69) is 23.8 Å². The fourth-order valence-corrected chi connectivity index (χ4v) is 2.60. The highest BCUT2D eigenvalue weighted by Crippen LogP contribution is 2.37. The molecule has 5 nitrogen and oxygen atoms in total. The molecule has 2 aliphatic rings. The molecule has 0 aromatic carbocycles. The highest BCUT2D eigenvalue weighted by molar-refractivity contribution is 5.92. The van der Waals surface area contributed by atoms with Gasteiger partial charge in [0.1, 0.15) is 11.5 Å². The van der Waals surface area contributed by atoms with Crippen molar-refractivity contribution in [2.24, 2.45) is 0 Å². The van der Waals surface area contributed by atoms with E-state index in [0.717, 1.165) is 25.1 Å². The molecule has 1 atom stereocenters. The van der Waals surface area contributed by atoms with E-state index in [-0.39, 0.29) is 11.4 Å². The van der Waals surface area contributed by atoms with Crippen molar-refractivity contribution in [3.63, 3.8) is 0 Å². The van der Waals surface area contributed by atoms with E-state index < -0.39 is 0 Å². The summed E-state index contributed by atoms with van der Waals surface area (Å²) in [6.07, 6.45) is 4.86. The molecule has 5 heteroatoms. The summed E-state index contributed by atoms with van der Waals surface area (Å²) >= 11 is 0. The molecule has 1 saturated heterocycles. The molecular weight excluding hydrogens is 254 g/mol. The first-order valence-corrected chi connectivity index (χ1v) is 7.37. The summed E-state index contributed by atoms with van der Waals surface area (Å²) in [7, 11) is 0. The number of amides is 1. The third-order valence-corrected chi connectivity index (χ3v) is 4.37. The van der Waals surface area contributed by atoms with E-state index in [1.807, 2.05) is 4.90 Å². The minimum atomic E-state index is -0.236. The predicted octanol–water partition coefficient (Wildman–Crippen LogP) is 2.00. The second-order valence-electron chi connectivity index (χ2n) is 5.93. The zero-order valence-corrected chi connectivity index (χ0v) is 12.1. The number of carbonyl (C=O) groups excluding carboxylic acids is 1. The highest BCUT2D eigenvalue weighted by atomic mass is 16.5. The lowest BCUT2D eigenvalue weighted by molar-refractivity contribution is -0.0468. The molecule has 108 valence electrons. The lowest BCUT2D eigenvalue weighted by Gasteiger charge is -2.44. The molecule has 1 aliphatic carbocycles. The Bertz CT molecular complexity index is 516. The third-order valence-electron chi connectivity index (χ3n) is 4.37. The maximum absolute atomic E-state index is 12.7. The zero-order valence-electron chi connectivity index (χ0n) is 12.1. The average molecular weight is 275 g/mol. The van der Waals surface area contributed by atoms with Gasteiger partial charge in [0, 0.05) is 18.7 Å². The van der Waals surface area contributed by atoms with E-state index in [4.69, 9.17) is 4.74 Å². The fraction of sp³-hybridized carbons (Fsp3) is 0.667. The molecule has 0 N–H and O–H groups in total. The summed E-state index contributed by atoms with van der Waals surface area (Å²) in [6, 6.07) is 1.72. The number of rotatable bonds is 3. The van der Waals surface area contributed by atoms with Crippen LogP contribution in [0.25, 0.3) is 0 Å². The van der Waals surface area contributed by atoms with Gasteiger partial charge in [0.2, 0.25) is 0 Å². The van der Waals surface area contributed by atoms with Crippen LogP contribution in [-0.4, -0.2) is 46.1 Å². The van der Waals surface area contributed by atoms with Crippen LogP contribution >= 0.6 is 0 Å². The van der Waals surface area contributed by atoms with Gasteiger partial charge in [-0.05, 0) is 32.3 Å². The van der Waals surface area contributed by atoms with Crippen LogP contribution in [0.5, 0.6) is 0 Å². The van der Waals surface area contributed by atoms with Crippen molar-refractivity contribution in [2.75, 3.05) is 19.8 Å². The van der Waals surface area contributed by atoms with E-state index in [1.54, 1.807) is 12.3 Å². The van der Waals surface area contributed by atoms with Gasteiger partial charge < -0.3 is 9.64 Å². The van der Waals surface area contributed by atoms with Crippen LogP contribution in [0.4, 0.5) is 0 Å². The molecule has 2 fully saturated rings. The number of nitrogens with zero attached hydrogens (tertiary/aromatic N) is 3. The molecule has 1 unspecified atom stereocenters. The fourth-order valence-electron chi connectivity index (χ4n) is 2.60. The van der Waals surface area contributed by atoms with Crippen molar-refractivity contribution >= 4 is 5.91 Å². The minimum absolute atomic E-state index is 0.00181. The normalized spacial score (nSPS) is 26.6. The van der Waals surface area contributed by atoms with Crippen molar-refractivity contribution in [3.8, 4) is 0 Å². The van der Waals surface area contributed by atoms with Crippen molar-refractivity contribution in [1.82, 2.24) is 14.9 Å². The second-order valence-corrected chi connectivity index (χ2v) is 5.93. The van der Waals surface area contributed by atoms with E-state index in [9.17, 15) is 4.79 Å². The number of aromatic nitrogens is 2. The third kappa shape index (κ3) is 2.42. The maximum atomic E-state index is 12.7. The first-order chi connectivity index (χ1) is 9.64. The molecular formula is C15H21N3O2. The van der Waals surface area contributed by atoms with Crippen molar-refractivity contribution in [3.05, 3.63) is 23.8 Å². The zero-order chi connectivity index (χ0) is 14.2. The summed E-state index contributed by atoms with van der Waals surface area (Å²) in [4.78, 5) is 23.4. The van der Waals surface area contributed by atoms with Crippen LogP contribution in [0, 0.1) is 0 Å². The summed E-state index contributed by atoms with van der Waals surface area (Å²) < 4.78 is 5.54. The van der Waals surface area contributed by atoms with Gasteiger partial charge in [-0.3, -0.25) is 4.79 Å². The number of morpholine rings is 1. The summed E-state index contributed by atoms with van der Waals surface area (Å²) in [5, 5.41) is 0. The van der Waals surface area contributed by atoms with Gasteiger partial charge in [0.05, 0.1) is 18.8 Å². The van der Waals surface area contributed by atoms with Crippen molar-refractivity contribution in [2.45, 2.75) is 44.6 Å². The van der Waals surface area contributed by atoms with Gasteiger partial charge in [0.25, 0.3) is 5.91 Å². The molecule has 0 spiro atoms. The van der Waals surface area contributed by atoms with Crippen LogP contribution in [0.2, 0.25) is 0 Å². The van der Waals surface area contributed by atoms with Crippen molar-refractivity contribution < 1.29 is 9.53 Å². The van der Waals surface area contributed by atoms with E-state index in [0.29, 0.717) is 31.4 Å².